The zero-order chi connectivity index (χ0) is 15.7. The summed E-state index contributed by atoms with van der Waals surface area (Å²) in [6.45, 7) is 0.413. The summed E-state index contributed by atoms with van der Waals surface area (Å²) in [5.74, 6) is 0. The second-order valence-corrected chi connectivity index (χ2v) is 6.92. The van der Waals surface area contributed by atoms with E-state index in [1.807, 2.05) is 18.2 Å². The van der Waals surface area contributed by atoms with Crippen LogP contribution in [0.15, 0.2) is 53.4 Å². The number of nitrogens with zero attached hydrogens (tertiary/aromatic N) is 2. The van der Waals surface area contributed by atoms with Crippen LogP contribution in [0, 0.1) is 10.1 Å². The smallest absolute Gasteiger partial charge is 0.266 e. The first-order valence-corrected chi connectivity index (χ1v) is 8.29. The summed E-state index contributed by atoms with van der Waals surface area (Å²) >= 11 is 0. The zero-order valence-corrected chi connectivity index (χ0v) is 12.5. The topological polar surface area (TPSA) is 80.5 Å². The molecule has 6 nitrogen and oxygen atoms in total. The molecule has 22 heavy (non-hydrogen) atoms. The van der Waals surface area contributed by atoms with E-state index in [1.165, 1.54) is 28.6 Å². The molecule has 0 spiro atoms. The number of hydrogen-bond acceptors (Lipinski definition) is 4. The average Bonchev–Trinajstić information content (AvgIpc) is 2.54. The lowest BCUT2D eigenvalue weighted by atomic mass is 10.0. The summed E-state index contributed by atoms with van der Waals surface area (Å²) in [5, 5.41) is 10.7. The van der Waals surface area contributed by atoms with Crippen molar-refractivity contribution in [1.82, 2.24) is 0 Å². The van der Waals surface area contributed by atoms with Crippen molar-refractivity contribution in [3.05, 3.63) is 64.2 Å². The first kappa shape index (κ1) is 14.5. The van der Waals surface area contributed by atoms with Crippen LogP contribution in [0.3, 0.4) is 0 Å². The molecular weight excluding hydrogens is 304 g/mol. The number of hydrogen-bond donors (Lipinski definition) is 0. The van der Waals surface area contributed by atoms with E-state index in [2.05, 4.69) is 0 Å². The maximum Gasteiger partial charge on any atom is 0.269 e. The lowest BCUT2D eigenvalue weighted by molar-refractivity contribution is -0.384. The monoisotopic (exact) mass is 318 g/mol. The molecule has 0 fully saturated rings. The molecule has 0 saturated carbocycles. The molecule has 0 unspecified atom stereocenters. The Kier molecular flexibility index (Phi) is 3.58. The Balaban J connectivity index is 2.02. The van der Waals surface area contributed by atoms with Gasteiger partial charge in [0.15, 0.2) is 0 Å². The van der Waals surface area contributed by atoms with Crippen LogP contribution in [0.2, 0.25) is 0 Å². The van der Waals surface area contributed by atoms with Crippen molar-refractivity contribution in [3.8, 4) is 0 Å². The van der Waals surface area contributed by atoms with Gasteiger partial charge in [0.2, 0.25) is 0 Å². The highest BCUT2D eigenvalue weighted by Crippen LogP contribution is 2.32. The predicted molar refractivity (Wildman–Crippen MR) is 82.4 cm³/mol. The summed E-state index contributed by atoms with van der Waals surface area (Å²) in [5.41, 5.74) is 1.56. The molecule has 1 aliphatic heterocycles. The van der Waals surface area contributed by atoms with E-state index in [-0.39, 0.29) is 10.6 Å². The second kappa shape index (κ2) is 5.42. The third kappa shape index (κ3) is 2.43. The van der Waals surface area contributed by atoms with E-state index in [9.17, 15) is 18.5 Å². The molecule has 2 aromatic rings. The molecule has 0 N–H and O–H groups in total. The SMILES string of the molecule is O=[N+]([O-])c1ccc(S(=O)(=O)N2CCCc3ccccc32)cc1. The largest absolute Gasteiger partial charge is 0.269 e. The molecule has 3 rings (SSSR count). The maximum atomic E-state index is 12.8. The Morgan fingerprint density at radius 3 is 2.41 bits per heavy atom. The number of para-hydroxylation sites is 1. The highest BCUT2D eigenvalue weighted by atomic mass is 32.2. The van der Waals surface area contributed by atoms with E-state index in [4.69, 9.17) is 0 Å². The van der Waals surface area contributed by atoms with Crippen molar-refractivity contribution < 1.29 is 13.3 Å². The molecule has 0 radical (unpaired) electrons. The van der Waals surface area contributed by atoms with Gasteiger partial charge in [-0.3, -0.25) is 14.4 Å². The normalized spacial score (nSPS) is 14.5. The van der Waals surface area contributed by atoms with Crippen LogP contribution in [-0.4, -0.2) is 19.9 Å². The average molecular weight is 318 g/mol. The number of nitro groups is 1. The molecule has 114 valence electrons. The van der Waals surface area contributed by atoms with Gasteiger partial charge in [-0.2, -0.15) is 0 Å². The molecule has 0 aromatic heterocycles. The van der Waals surface area contributed by atoms with Gasteiger partial charge in [-0.15, -0.1) is 0 Å². The first-order chi connectivity index (χ1) is 10.5. The van der Waals surface area contributed by atoms with Gasteiger partial charge in [0, 0.05) is 18.7 Å². The molecule has 0 bridgehead atoms. The van der Waals surface area contributed by atoms with Crippen LogP contribution < -0.4 is 4.31 Å². The lowest BCUT2D eigenvalue weighted by Gasteiger charge is -2.30. The zero-order valence-electron chi connectivity index (χ0n) is 11.7. The van der Waals surface area contributed by atoms with Gasteiger partial charge in [0.1, 0.15) is 0 Å². The van der Waals surface area contributed by atoms with Gasteiger partial charge in [0.25, 0.3) is 15.7 Å². The number of sulfonamides is 1. The van der Waals surface area contributed by atoms with Crippen LogP contribution in [0.1, 0.15) is 12.0 Å². The highest BCUT2D eigenvalue weighted by molar-refractivity contribution is 7.92. The Morgan fingerprint density at radius 2 is 1.73 bits per heavy atom. The fourth-order valence-corrected chi connectivity index (χ4v) is 4.16. The molecule has 0 atom stereocenters. The van der Waals surface area contributed by atoms with Gasteiger partial charge in [-0.25, -0.2) is 8.42 Å². The standard InChI is InChI=1S/C15H14N2O4S/c18-17(19)13-7-9-14(10-8-13)22(20,21)16-11-3-5-12-4-1-2-6-15(12)16/h1-2,4,6-10H,3,5,11H2. The van der Waals surface area contributed by atoms with Crippen LogP contribution >= 0.6 is 0 Å². The van der Waals surface area contributed by atoms with Crippen molar-refractivity contribution in [2.24, 2.45) is 0 Å². The molecule has 1 heterocycles. The number of rotatable bonds is 3. The molecule has 2 aromatic carbocycles. The minimum atomic E-state index is -3.71. The van der Waals surface area contributed by atoms with E-state index < -0.39 is 14.9 Å². The van der Waals surface area contributed by atoms with E-state index in [1.54, 1.807) is 6.07 Å². The fraction of sp³-hybridized carbons (Fsp3) is 0.200. The molecule has 1 aliphatic rings. The van der Waals surface area contributed by atoms with Crippen LogP contribution in [0.5, 0.6) is 0 Å². The van der Waals surface area contributed by atoms with Crippen molar-refractivity contribution in [2.45, 2.75) is 17.7 Å². The number of nitro benzene ring substituents is 1. The summed E-state index contributed by atoms with van der Waals surface area (Å²) in [4.78, 5) is 10.2. The molecule has 7 heteroatoms. The third-order valence-corrected chi connectivity index (χ3v) is 5.53. The number of fused-ring (bicyclic) bond motifs is 1. The van der Waals surface area contributed by atoms with Gasteiger partial charge in [0.05, 0.1) is 15.5 Å². The van der Waals surface area contributed by atoms with Gasteiger partial charge in [-0.05, 0) is 36.6 Å². The van der Waals surface area contributed by atoms with Gasteiger partial charge in [-0.1, -0.05) is 18.2 Å². The van der Waals surface area contributed by atoms with E-state index >= 15 is 0 Å². The highest BCUT2D eigenvalue weighted by Gasteiger charge is 2.29. The maximum absolute atomic E-state index is 12.8. The van der Waals surface area contributed by atoms with Crippen LogP contribution in [0.25, 0.3) is 0 Å². The molecule has 0 saturated heterocycles. The number of benzene rings is 2. The molecular formula is C15H14N2O4S. The molecule has 0 aliphatic carbocycles. The molecule has 0 amide bonds. The Morgan fingerprint density at radius 1 is 1.05 bits per heavy atom. The quantitative estimate of drug-likeness (QED) is 0.643. The fourth-order valence-electron chi connectivity index (χ4n) is 2.62. The third-order valence-electron chi connectivity index (χ3n) is 3.70. The van der Waals surface area contributed by atoms with Gasteiger partial charge >= 0.3 is 0 Å². The predicted octanol–water partition coefficient (Wildman–Crippen LogP) is 2.74. The van der Waals surface area contributed by atoms with Crippen molar-refractivity contribution in [2.75, 3.05) is 10.8 Å². The summed E-state index contributed by atoms with van der Waals surface area (Å²) in [6, 6.07) is 12.4. The lowest BCUT2D eigenvalue weighted by Crippen LogP contribution is -2.35. The number of aryl methyl sites for hydroxylation is 1. The Labute approximate surface area is 128 Å². The number of anilines is 1. The Bertz CT molecular complexity index is 816. The minimum Gasteiger partial charge on any atom is -0.266 e. The van der Waals surface area contributed by atoms with Gasteiger partial charge < -0.3 is 0 Å². The van der Waals surface area contributed by atoms with Crippen molar-refractivity contribution in [3.63, 3.8) is 0 Å². The van der Waals surface area contributed by atoms with E-state index in [0.717, 1.165) is 18.4 Å². The first-order valence-electron chi connectivity index (χ1n) is 6.85. The number of non-ortho nitro benzene ring substituents is 1. The second-order valence-electron chi connectivity index (χ2n) is 5.06. The van der Waals surface area contributed by atoms with E-state index in [0.29, 0.717) is 12.2 Å². The minimum absolute atomic E-state index is 0.0646. The van der Waals surface area contributed by atoms with Crippen LogP contribution in [-0.2, 0) is 16.4 Å². The summed E-state index contributed by atoms with van der Waals surface area (Å²) < 4.78 is 27.0. The van der Waals surface area contributed by atoms with Crippen molar-refractivity contribution in [1.29, 1.82) is 0 Å². The summed E-state index contributed by atoms with van der Waals surface area (Å²) in [6.07, 6.45) is 1.60. The Hall–Kier alpha value is -2.41. The summed E-state index contributed by atoms with van der Waals surface area (Å²) in [7, 11) is -3.71. The van der Waals surface area contributed by atoms with Crippen molar-refractivity contribution >= 4 is 21.4 Å². The van der Waals surface area contributed by atoms with Crippen LogP contribution in [0.4, 0.5) is 11.4 Å².